The van der Waals surface area contributed by atoms with E-state index in [2.05, 4.69) is 0 Å². The molecule has 3 nitrogen and oxygen atoms in total. The number of anilines is 2. The molecule has 0 aliphatic carbocycles. The van der Waals surface area contributed by atoms with Crippen LogP contribution in [0.3, 0.4) is 0 Å². The number of hydrogen-bond donors (Lipinski definition) is 1. The summed E-state index contributed by atoms with van der Waals surface area (Å²) in [7, 11) is 0. The van der Waals surface area contributed by atoms with Gasteiger partial charge >= 0.3 is 0 Å². The Balaban J connectivity index is 1.97. The summed E-state index contributed by atoms with van der Waals surface area (Å²) < 4.78 is 0. The third kappa shape index (κ3) is 2.28. The van der Waals surface area contributed by atoms with E-state index < -0.39 is 11.5 Å². The van der Waals surface area contributed by atoms with Crippen LogP contribution in [0.1, 0.15) is 18.1 Å². The van der Waals surface area contributed by atoms with Gasteiger partial charge in [0.2, 0.25) is 0 Å². The fraction of sp³-hybridized carbons (Fsp3) is 0.136. The summed E-state index contributed by atoms with van der Waals surface area (Å²) in [6.07, 6.45) is -1.16. The van der Waals surface area contributed by atoms with Crippen LogP contribution in [0.15, 0.2) is 84.9 Å². The Morgan fingerprint density at radius 2 is 1.40 bits per heavy atom. The zero-order valence-electron chi connectivity index (χ0n) is 14.0. The molecule has 1 aliphatic heterocycles. The highest BCUT2D eigenvalue weighted by atomic mass is 16.3. The maximum Gasteiger partial charge on any atom is 0.261 e. The lowest BCUT2D eigenvalue weighted by molar-refractivity contribution is -0.129. The van der Waals surface area contributed by atoms with Crippen LogP contribution in [0.2, 0.25) is 0 Å². The number of hydrogen-bond acceptors (Lipinski definition) is 2. The Morgan fingerprint density at radius 1 is 0.840 bits per heavy atom. The monoisotopic (exact) mass is 329 g/mol. The molecule has 4 rings (SSSR count). The van der Waals surface area contributed by atoms with Crippen molar-refractivity contribution < 1.29 is 9.90 Å². The van der Waals surface area contributed by atoms with Gasteiger partial charge < -0.3 is 5.11 Å². The highest BCUT2D eigenvalue weighted by Gasteiger charge is 2.49. The number of para-hydroxylation sites is 2. The number of benzene rings is 3. The fourth-order valence-electron chi connectivity index (χ4n) is 3.68. The molecule has 25 heavy (non-hydrogen) atoms. The largest absolute Gasteiger partial charge is 0.382 e. The summed E-state index contributed by atoms with van der Waals surface area (Å²) in [6, 6.07) is 27.0. The molecule has 0 radical (unpaired) electrons. The van der Waals surface area contributed by atoms with Crippen molar-refractivity contribution in [2.24, 2.45) is 0 Å². The third-order valence-corrected chi connectivity index (χ3v) is 5.09. The Morgan fingerprint density at radius 3 is 2.08 bits per heavy atom. The van der Waals surface area contributed by atoms with Gasteiger partial charge in [0, 0.05) is 5.69 Å². The molecule has 2 atom stereocenters. The molecular formula is C22H19NO2. The summed E-state index contributed by atoms with van der Waals surface area (Å²) in [5.41, 5.74) is 2.65. The molecule has 3 heteroatoms. The van der Waals surface area contributed by atoms with Crippen molar-refractivity contribution >= 4 is 17.3 Å². The summed E-state index contributed by atoms with van der Waals surface area (Å²) in [5, 5.41) is 11.0. The van der Waals surface area contributed by atoms with Crippen molar-refractivity contribution in [2.75, 3.05) is 4.90 Å². The molecule has 0 aromatic heterocycles. The minimum absolute atomic E-state index is 0.309. The van der Waals surface area contributed by atoms with Gasteiger partial charge in [-0.05, 0) is 36.2 Å². The molecule has 124 valence electrons. The normalized spacial score (nSPS) is 22.6. The molecule has 2 unspecified atom stereocenters. The van der Waals surface area contributed by atoms with Gasteiger partial charge in [0.05, 0.1) is 11.1 Å². The van der Waals surface area contributed by atoms with Crippen LogP contribution in [-0.2, 0) is 10.2 Å². The van der Waals surface area contributed by atoms with E-state index in [9.17, 15) is 9.90 Å². The molecule has 0 fully saturated rings. The van der Waals surface area contributed by atoms with Crippen LogP contribution < -0.4 is 4.90 Å². The second-order valence-electron chi connectivity index (χ2n) is 6.50. The number of carbonyl (C=O) groups excluding carboxylic acids is 1. The van der Waals surface area contributed by atoms with E-state index in [0.29, 0.717) is 0 Å². The second-order valence-corrected chi connectivity index (χ2v) is 6.50. The van der Waals surface area contributed by atoms with Gasteiger partial charge in [-0.2, -0.15) is 0 Å². The fourth-order valence-corrected chi connectivity index (χ4v) is 3.68. The molecule has 1 amide bonds. The maximum atomic E-state index is 13.2. The quantitative estimate of drug-likeness (QED) is 0.771. The van der Waals surface area contributed by atoms with Crippen LogP contribution >= 0.6 is 0 Å². The second kappa shape index (κ2) is 5.87. The first-order chi connectivity index (χ1) is 12.1. The van der Waals surface area contributed by atoms with Crippen molar-refractivity contribution in [3.05, 3.63) is 96.1 Å². The summed E-state index contributed by atoms with van der Waals surface area (Å²) in [5.74, 6) is -0.309. The van der Waals surface area contributed by atoms with Gasteiger partial charge in [-0.15, -0.1) is 0 Å². The van der Waals surface area contributed by atoms with Gasteiger partial charge in [-0.25, -0.2) is 0 Å². The van der Waals surface area contributed by atoms with Gasteiger partial charge in [0.1, 0.15) is 6.10 Å². The average molecular weight is 329 g/mol. The number of aliphatic hydroxyl groups excluding tert-OH is 1. The van der Waals surface area contributed by atoms with Gasteiger partial charge in [0.15, 0.2) is 0 Å². The van der Waals surface area contributed by atoms with Crippen molar-refractivity contribution in [3.63, 3.8) is 0 Å². The zero-order valence-corrected chi connectivity index (χ0v) is 14.0. The Bertz CT molecular complexity index is 908. The van der Waals surface area contributed by atoms with Crippen molar-refractivity contribution in [2.45, 2.75) is 18.4 Å². The molecule has 1 heterocycles. The van der Waals surface area contributed by atoms with Gasteiger partial charge in [-0.1, -0.05) is 66.7 Å². The van der Waals surface area contributed by atoms with Gasteiger partial charge in [0.25, 0.3) is 5.91 Å². The maximum absolute atomic E-state index is 13.2. The van der Waals surface area contributed by atoms with Crippen LogP contribution in [0, 0.1) is 0 Å². The number of carbonyl (C=O) groups is 1. The molecule has 0 bridgehead atoms. The van der Waals surface area contributed by atoms with Crippen molar-refractivity contribution in [3.8, 4) is 0 Å². The van der Waals surface area contributed by atoms with E-state index in [4.69, 9.17) is 0 Å². The highest BCUT2D eigenvalue weighted by molar-refractivity contribution is 6.07. The SMILES string of the molecule is CC1(c2ccccc2)c2ccccc2N(c2ccccc2)C(=O)C1O. The molecule has 0 saturated carbocycles. The molecule has 3 aromatic carbocycles. The predicted octanol–water partition coefficient (Wildman–Crippen LogP) is 4.03. The van der Waals surface area contributed by atoms with E-state index >= 15 is 0 Å². The number of nitrogens with zero attached hydrogens (tertiary/aromatic N) is 1. The Hall–Kier alpha value is -2.91. The molecular weight excluding hydrogens is 310 g/mol. The van der Waals surface area contributed by atoms with Crippen LogP contribution in [0.4, 0.5) is 11.4 Å². The summed E-state index contributed by atoms with van der Waals surface area (Å²) >= 11 is 0. The number of rotatable bonds is 2. The Labute approximate surface area is 147 Å². The molecule has 0 spiro atoms. The standard InChI is InChI=1S/C22H19NO2/c1-22(16-10-4-2-5-11-16)18-14-8-9-15-19(18)23(21(25)20(22)24)17-12-6-3-7-13-17/h2-15,20,24H,1H3. The first kappa shape index (κ1) is 15.6. The van der Waals surface area contributed by atoms with E-state index in [1.54, 1.807) is 4.90 Å². The zero-order chi connectivity index (χ0) is 17.4. The average Bonchev–Trinajstić information content (AvgIpc) is 2.68. The number of amides is 1. The van der Waals surface area contributed by atoms with Crippen molar-refractivity contribution in [1.82, 2.24) is 0 Å². The lowest BCUT2D eigenvalue weighted by Gasteiger charge is -2.44. The number of fused-ring (bicyclic) bond motifs is 1. The van der Waals surface area contributed by atoms with E-state index in [-0.39, 0.29) is 5.91 Å². The highest BCUT2D eigenvalue weighted by Crippen LogP contribution is 2.47. The summed E-state index contributed by atoms with van der Waals surface area (Å²) in [6.45, 7) is 1.94. The van der Waals surface area contributed by atoms with Crippen LogP contribution in [-0.4, -0.2) is 17.1 Å². The smallest absolute Gasteiger partial charge is 0.261 e. The first-order valence-corrected chi connectivity index (χ1v) is 8.36. The minimum Gasteiger partial charge on any atom is -0.382 e. The van der Waals surface area contributed by atoms with E-state index in [1.165, 1.54) is 0 Å². The molecule has 0 saturated heterocycles. The molecule has 1 aliphatic rings. The van der Waals surface area contributed by atoms with Crippen LogP contribution in [0.25, 0.3) is 0 Å². The summed E-state index contributed by atoms with van der Waals surface area (Å²) in [4.78, 5) is 14.8. The lowest BCUT2D eigenvalue weighted by Crippen LogP contribution is -2.53. The third-order valence-electron chi connectivity index (χ3n) is 5.09. The van der Waals surface area contributed by atoms with Crippen LogP contribution in [0.5, 0.6) is 0 Å². The first-order valence-electron chi connectivity index (χ1n) is 8.36. The lowest BCUT2D eigenvalue weighted by atomic mass is 9.68. The predicted molar refractivity (Wildman–Crippen MR) is 98.9 cm³/mol. The number of aliphatic hydroxyl groups is 1. The Kier molecular flexibility index (Phi) is 3.66. The van der Waals surface area contributed by atoms with E-state index in [0.717, 1.165) is 22.5 Å². The molecule has 3 aromatic rings. The molecule has 1 N–H and O–H groups in total. The van der Waals surface area contributed by atoms with Gasteiger partial charge in [-0.3, -0.25) is 9.69 Å². The van der Waals surface area contributed by atoms with E-state index in [1.807, 2.05) is 91.9 Å². The van der Waals surface area contributed by atoms with Crippen molar-refractivity contribution in [1.29, 1.82) is 0 Å². The topological polar surface area (TPSA) is 40.5 Å². The minimum atomic E-state index is -1.16.